The number of carbonyl (C=O) groups is 1. The lowest BCUT2D eigenvalue weighted by atomic mass is 9.95. The van der Waals surface area contributed by atoms with E-state index in [4.69, 9.17) is 12.2 Å². The molecule has 2 aromatic rings. The maximum absolute atomic E-state index is 12.9. The van der Waals surface area contributed by atoms with Crippen molar-refractivity contribution in [3.05, 3.63) is 75.4 Å². The van der Waals surface area contributed by atoms with Gasteiger partial charge in [0.1, 0.15) is 0 Å². The molecule has 6 heteroatoms. The monoisotopic (exact) mass is 415 g/mol. The summed E-state index contributed by atoms with van der Waals surface area (Å²) in [5.41, 5.74) is 4.21. The van der Waals surface area contributed by atoms with E-state index in [9.17, 15) is 4.79 Å². The summed E-state index contributed by atoms with van der Waals surface area (Å²) < 4.78 is 0.985. The molecule has 3 rings (SSSR count). The van der Waals surface area contributed by atoms with Gasteiger partial charge in [-0.05, 0) is 61.5 Å². The van der Waals surface area contributed by atoms with Crippen LogP contribution >= 0.6 is 28.1 Å². The minimum absolute atomic E-state index is 0.154. The standard InChI is InChI=1S/C19H18BrN3OS/c1-11-4-3-5-15(10-11)22-18(24)16-12(2)21-19(25)23-17(16)13-6-8-14(20)9-7-13/h3-10,17H,1-2H3,(H,22,24)(H2,21,23,25)/t17-/m0/s1. The van der Waals surface area contributed by atoms with E-state index in [0.717, 1.165) is 27.0 Å². The summed E-state index contributed by atoms with van der Waals surface area (Å²) in [5.74, 6) is -0.154. The van der Waals surface area contributed by atoms with Crippen LogP contribution in [-0.2, 0) is 4.79 Å². The van der Waals surface area contributed by atoms with Gasteiger partial charge in [0.05, 0.1) is 11.6 Å². The fourth-order valence-corrected chi connectivity index (χ4v) is 3.36. The molecule has 1 aliphatic heterocycles. The van der Waals surface area contributed by atoms with Crippen molar-refractivity contribution in [1.29, 1.82) is 0 Å². The lowest BCUT2D eigenvalue weighted by molar-refractivity contribution is -0.113. The normalized spacial score (nSPS) is 16.9. The van der Waals surface area contributed by atoms with Gasteiger partial charge in [0.2, 0.25) is 0 Å². The van der Waals surface area contributed by atoms with E-state index in [2.05, 4.69) is 31.9 Å². The summed E-state index contributed by atoms with van der Waals surface area (Å²) in [6.07, 6.45) is 0. The van der Waals surface area contributed by atoms with Gasteiger partial charge in [0, 0.05) is 15.9 Å². The molecule has 1 heterocycles. The number of thiocarbonyl (C=S) groups is 1. The lowest BCUT2D eigenvalue weighted by Crippen LogP contribution is -2.45. The SMILES string of the molecule is CC1=C(C(=O)Nc2cccc(C)c2)[C@H](c2ccc(Br)cc2)NC(=S)N1. The van der Waals surface area contributed by atoms with Crippen LogP contribution in [0.4, 0.5) is 5.69 Å². The highest BCUT2D eigenvalue weighted by atomic mass is 79.9. The van der Waals surface area contributed by atoms with Crippen molar-refractivity contribution >= 4 is 44.9 Å². The van der Waals surface area contributed by atoms with Crippen molar-refractivity contribution in [3.63, 3.8) is 0 Å². The molecular formula is C19H18BrN3OS. The van der Waals surface area contributed by atoms with Crippen molar-refractivity contribution in [3.8, 4) is 0 Å². The van der Waals surface area contributed by atoms with Crippen molar-refractivity contribution in [2.75, 3.05) is 5.32 Å². The quantitative estimate of drug-likeness (QED) is 0.657. The number of nitrogens with one attached hydrogen (secondary N) is 3. The van der Waals surface area contributed by atoms with Gasteiger partial charge >= 0.3 is 0 Å². The smallest absolute Gasteiger partial charge is 0.255 e. The van der Waals surface area contributed by atoms with E-state index < -0.39 is 0 Å². The van der Waals surface area contributed by atoms with Crippen molar-refractivity contribution < 1.29 is 4.79 Å². The molecule has 2 aromatic carbocycles. The molecule has 128 valence electrons. The van der Waals surface area contributed by atoms with Gasteiger partial charge in [-0.25, -0.2) is 0 Å². The number of rotatable bonds is 3. The molecular weight excluding hydrogens is 398 g/mol. The Bertz CT molecular complexity index is 861. The van der Waals surface area contributed by atoms with Crippen LogP contribution in [-0.4, -0.2) is 11.0 Å². The summed E-state index contributed by atoms with van der Waals surface area (Å²) in [4.78, 5) is 12.9. The molecule has 0 saturated carbocycles. The number of carbonyl (C=O) groups excluding carboxylic acids is 1. The van der Waals surface area contributed by atoms with Crippen LogP contribution in [0.25, 0.3) is 0 Å². The molecule has 0 radical (unpaired) electrons. The van der Waals surface area contributed by atoms with Crippen LogP contribution < -0.4 is 16.0 Å². The molecule has 0 aliphatic carbocycles. The van der Waals surface area contributed by atoms with E-state index in [1.165, 1.54) is 0 Å². The first-order valence-corrected chi connectivity index (χ1v) is 9.06. The summed E-state index contributed by atoms with van der Waals surface area (Å²) in [6, 6.07) is 15.3. The Morgan fingerprint density at radius 1 is 1.16 bits per heavy atom. The number of benzene rings is 2. The Morgan fingerprint density at radius 2 is 1.88 bits per heavy atom. The predicted molar refractivity (Wildman–Crippen MR) is 108 cm³/mol. The molecule has 3 N–H and O–H groups in total. The first-order valence-electron chi connectivity index (χ1n) is 7.86. The highest BCUT2D eigenvalue weighted by Crippen LogP contribution is 2.28. The Morgan fingerprint density at radius 3 is 2.56 bits per heavy atom. The van der Waals surface area contributed by atoms with E-state index >= 15 is 0 Å². The van der Waals surface area contributed by atoms with Gasteiger partial charge in [0.25, 0.3) is 5.91 Å². The van der Waals surface area contributed by atoms with E-state index in [1.54, 1.807) is 0 Å². The summed E-state index contributed by atoms with van der Waals surface area (Å²) in [5, 5.41) is 9.74. The number of anilines is 1. The second-order valence-corrected chi connectivity index (χ2v) is 7.27. The Kier molecular flexibility index (Phi) is 5.20. The number of amides is 1. The molecule has 0 unspecified atom stereocenters. The number of aryl methyl sites for hydroxylation is 1. The average molecular weight is 416 g/mol. The van der Waals surface area contributed by atoms with E-state index in [1.807, 2.05) is 62.4 Å². The molecule has 4 nitrogen and oxygen atoms in total. The van der Waals surface area contributed by atoms with Crippen LogP contribution in [0.5, 0.6) is 0 Å². The van der Waals surface area contributed by atoms with Gasteiger partial charge in [-0.1, -0.05) is 40.2 Å². The third kappa shape index (κ3) is 4.08. The Balaban J connectivity index is 1.94. The van der Waals surface area contributed by atoms with Crippen LogP contribution in [0, 0.1) is 6.92 Å². The first-order chi connectivity index (χ1) is 11.9. The second-order valence-electron chi connectivity index (χ2n) is 5.95. The molecule has 0 spiro atoms. The molecule has 1 amide bonds. The number of halogens is 1. The zero-order chi connectivity index (χ0) is 18.0. The van der Waals surface area contributed by atoms with Crippen molar-refractivity contribution in [2.45, 2.75) is 19.9 Å². The third-order valence-corrected chi connectivity index (χ3v) is 4.74. The fourth-order valence-electron chi connectivity index (χ4n) is 2.82. The first kappa shape index (κ1) is 17.6. The van der Waals surface area contributed by atoms with Gasteiger partial charge in [0.15, 0.2) is 5.11 Å². The molecule has 1 atom stereocenters. The number of hydrogen-bond donors (Lipinski definition) is 3. The maximum Gasteiger partial charge on any atom is 0.255 e. The largest absolute Gasteiger partial charge is 0.351 e. The molecule has 1 aliphatic rings. The zero-order valence-electron chi connectivity index (χ0n) is 13.9. The number of hydrogen-bond acceptors (Lipinski definition) is 2. The van der Waals surface area contributed by atoms with Crippen LogP contribution in [0.2, 0.25) is 0 Å². The van der Waals surface area contributed by atoms with Crippen molar-refractivity contribution in [2.24, 2.45) is 0 Å². The molecule has 0 aromatic heterocycles. The van der Waals surface area contributed by atoms with E-state index in [-0.39, 0.29) is 11.9 Å². The van der Waals surface area contributed by atoms with Gasteiger partial charge in [-0.3, -0.25) is 4.79 Å². The Hall–Kier alpha value is -2.18. The number of allylic oxidation sites excluding steroid dienone is 1. The van der Waals surface area contributed by atoms with Gasteiger partial charge in [-0.2, -0.15) is 0 Å². The summed E-state index contributed by atoms with van der Waals surface area (Å²) in [6.45, 7) is 3.86. The summed E-state index contributed by atoms with van der Waals surface area (Å²) >= 11 is 8.71. The van der Waals surface area contributed by atoms with Gasteiger partial charge < -0.3 is 16.0 Å². The highest BCUT2D eigenvalue weighted by molar-refractivity contribution is 9.10. The van der Waals surface area contributed by atoms with Crippen molar-refractivity contribution in [1.82, 2.24) is 10.6 Å². The topological polar surface area (TPSA) is 53.2 Å². The molecule has 0 fully saturated rings. The minimum atomic E-state index is -0.299. The average Bonchev–Trinajstić information content (AvgIpc) is 2.54. The third-order valence-electron chi connectivity index (χ3n) is 3.99. The van der Waals surface area contributed by atoms with E-state index in [0.29, 0.717) is 10.7 Å². The zero-order valence-corrected chi connectivity index (χ0v) is 16.3. The molecule has 0 bridgehead atoms. The van der Waals surface area contributed by atoms with Crippen LogP contribution in [0.15, 0.2) is 64.3 Å². The van der Waals surface area contributed by atoms with Gasteiger partial charge in [-0.15, -0.1) is 0 Å². The molecule has 25 heavy (non-hydrogen) atoms. The fraction of sp³-hybridized carbons (Fsp3) is 0.158. The predicted octanol–water partition coefficient (Wildman–Crippen LogP) is 4.19. The minimum Gasteiger partial charge on any atom is -0.351 e. The second kappa shape index (κ2) is 7.37. The summed E-state index contributed by atoms with van der Waals surface area (Å²) in [7, 11) is 0. The van der Waals surface area contributed by atoms with Crippen LogP contribution in [0.1, 0.15) is 24.1 Å². The molecule has 0 saturated heterocycles. The van der Waals surface area contributed by atoms with Crippen LogP contribution in [0.3, 0.4) is 0 Å². The maximum atomic E-state index is 12.9. The highest BCUT2D eigenvalue weighted by Gasteiger charge is 2.29. The lowest BCUT2D eigenvalue weighted by Gasteiger charge is -2.30. The Labute approximate surface area is 160 Å².